The highest BCUT2D eigenvalue weighted by atomic mass is 35.5. The summed E-state index contributed by atoms with van der Waals surface area (Å²) in [6.45, 7) is 4.70. The van der Waals surface area contributed by atoms with E-state index < -0.39 is 5.54 Å². The summed E-state index contributed by atoms with van der Waals surface area (Å²) in [6.07, 6.45) is 1.82. The second-order valence-electron chi connectivity index (χ2n) is 12.4. The smallest absolute Gasteiger partial charge is 0.184 e. The van der Waals surface area contributed by atoms with Gasteiger partial charge in [-0.3, -0.25) is 0 Å². The first kappa shape index (κ1) is 31.4. The highest BCUT2D eigenvalue weighted by molar-refractivity contribution is 6.34. The Morgan fingerprint density at radius 1 is 0.660 bits per heavy atom. The van der Waals surface area contributed by atoms with Crippen molar-refractivity contribution in [3.05, 3.63) is 178 Å². The molecule has 0 bridgehead atoms. The van der Waals surface area contributed by atoms with Crippen LogP contribution in [-0.2, 0) is 18.5 Å². The molecular formula is C41H35ClN8. The predicted octanol–water partition coefficient (Wildman–Crippen LogP) is 8.65. The molecule has 0 N–H and O–H groups in total. The topological polar surface area (TPSA) is 78.7 Å². The van der Waals surface area contributed by atoms with Crippen LogP contribution in [0.1, 0.15) is 47.1 Å². The van der Waals surface area contributed by atoms with Gasteiger partial charge in [-0.05, 0) is 57.2 Å². The quantitative estimate of drug-likeness (QED) is 0.136. The highest BCUT2D eigenvalue weighted by Gasteiger charge is 2.42. The molecule has 0 aliphatic heterocycles. The Kier molecular flexibility index (Phi) is 8.30. The van der Waals surface area contributed by atoms with Crippen LogP contribution in [0.3, 0.4) is 0 Å². The second kappa shape index (κ2) is 13.2. The van der Waals surface area contributed by atoms with Crippen LogP contribution in [0.15, 0.2) is 140 Å². The largest absolute Gasteiger partial charge is 0.306 e. The van der Waals surface area contributed by atoms with E-state index in [0.29, 0.717) is 17.4 Å². The van der Waals surface area contributed by atoms with Gasteiger partial charge in [-0.15, -0.1) is 14.8 Å². The zero-order chi connectivity index (χ0) is 34.1. The zero-order valence-electron chi connectivity index (χ0n) is 27.9. The third kappa shape index (κ3) is 5.29. The molecule has 50 heavy (non-hydrogen) atoms. The van der Waals surface area contributed by atoms with Crippen molar-refractivity contribution in [2.45, 2.75) is 38.8 Å². The fraction of sp³-hybridized carbons (Fsp3) is 0.146. The first-order valence-electron chi connectivity index (χ1n) is 16.8. The van der Waals surface area contributed by atoms with Gasteiger partial charge < -0.3 is 4.57 Å². The van der Waals surface area contributed by atoms with Crippen molar-refractivity contribution in [3.8, 4) is 22.5 Å². The molecule has 0 amide bonds. The van der Waals surface area contributed by atoms with E-state index in [-0.39, 0.29) is 0 Å². The Labute approximate surface area is 295 Å². The minimum Gasteiger partial charge on any atom is -0.306 e. The summed E-state index contributed by atoms with van der Waals surface area (Å²) in [5.74, 6) is 1.63. The van der Waals surface area contributed by atoms with Gasteiger partial charge >= 0.3 is 0 Å². The summed E-state index contributed by atoms with van der Waals surface area (Å²) >= 11 is 6.70. The number of fused-ring (bicyclic) bond motifs is 1. The molecule has 246 valence electrons. The fourth-order valence-electron chi connectivity index (χ4n) is 7.03. The third-order valence-electron chi connectivity index (χ3n) is 9.33. The lowest BCUT2D eigenvalue weighted by Crippen LogP contribution is -2.39. The minimum atomic E-state index is -0.848. The Hall–Kier alpha value is -5.86. The van der Waals surface area contributed by atoms with Crippen molar-refractivity contribution in [1.82, 2.24) is 39.6 Å². The normalized spacial score (nSPS) is 11.7. The van der Waals surface area contributed by atoms with Crippen LogP contribution in [0.4, 0.5) is 0 Å². The molecule has 0 atom stereocenters. The van der Waals surface area contributed by atoms with Crippen molar-refractivity contribution in [2.75, 3.05) is 0 Å². The van der Waals surface area contributed by atoms with Gasteiger partial charge in [0.1, 0.15) is 16.4 Å². The first-order chi connectivity index (χ1) is 24.6. The van der Waals surface area contributed by atoms with E-state index in [2.05, 4.69) is 137 Å². The molecule has 3 heterocycles. The molecule has 9 heteroatoms. The summed E-state index contributed by atoms with van der Waals surface area (Å²) in [5, 5.41) is 23.7. The van der Waals surface area contributed by atoms with Crippen LogP contribution >= 0.6 is 11.6 Å². The van der Waals surface area contributed by atoms with Gasteiger partial charge in [0.15, 0.2) is 11.5 Å². The van der Waals surface area contributed by atoms with E-state index in [1.54, 1.807) is 4.63 Å². The Morgan fingerprint density at radius 3 is 1.80 bits per heavy atom. The summed E-state index contributed by atoms with van der Waals surface area (Å²) in [7, 11) is 0. The molecule has 0 unspecified atom stereocenters. The predicted molar refractivity (Wildman–Crippen MR) is 197 cm³/mol. The third-order valence-corrected chi connectivity index (χ3v) is 9.78. The Balaban J connectivity index is 1.24. The maximum atomic E-state index is 6.70. The molecule has 0 saturated carbocycles. The van der Waals surface area contributed by atoms with Crippen LogP contribution < -0.4 is 0 Å². The van der Waals surface area contributed by atoms with Crippen LogP contribution in [0.5, 0.6) is 0 Å². The van der Waals surface area contributed by atoms with Gasteiger partial charge in [-0.2, -0.15) is 5.10 Å². The average molecular weight is 675 g/mol. The van der Waals surface area contributed by atoms with Crippen molar-refractivity contribution in [1.29, 1.82) is 0 Å². The van der Waals surface area contributed by atoms with Gasteiger partial charge in [-0.25, -0.2) is 4.68 Å². The number of tetrazole rings is 1. The molecule has 3 aromatic heterocycles. The zero-order valence-corrected chi connectivity index (χ0v) is 28.6. The SMILES string of the molecule is CCCc1nn2nc(C)c(Cl)c2n1Cc1ccc(-c2ccccc2-c2nnnn2C(c2ccccc2)(c2ccccc2)c2ccccc2)cc1. The lowest BCUT2D eigenvalue weighted by Gasteiger charge is -2.36. The summed E-state index contributed by atoms with van der Waals surface area (Å²) in [4.78, 5) is 0. The molecule has 0 aliphatic rings. The molecular weight excluding hydrogens is 640 g/mol. The minimum absolute atomic E-state index is 0.637. The van der Waals surface area contributed by atoms with Crippen molar-refractivity contribution in [2.24, 2.45) is 0 Å². The number of hydrogen-bond donors (Lipinski definition) is 0. The van der Waals surface area contributed by atoms with Crippen LogP contribution in [0.2, 0.25) is 5.02 Å². The lowest BCUT2D eigenvalue weighted by atomic mass is 9.77. The summed E-state index contributed by atoms with van der Waals surface area (Å²) in [5.41, 5.74) is 8.07. The standard InChI is InChI=1S/C41H35ClN8/c1-3-15-37-45-50-40(38(42)29(2)44-50)48(37)28-30-24-26-31(27-25-30)35-22-13-14-23-36(35)39-43-46-47-49(39)41(32-16-7-4-8-17-32,33-18-9-5-10-19-33)34-20-11-6-12-21-34/h4-14,16-27H,3,15,28H2,1-2H3. The number of aromatic nitrogens is 8. The molecule has 8 aromatic rings. The van der Waals surface area contributed by atoms with E-state index in [0.717, 1.165) is 69.0 Å². The van der Waals surface area contributed by atoms with Gasteiger partial charge in [-0.1, -0.05) is 158 Å². The number of rotatable bonds is 10. The number of benzene rings is 5. The number of hydrogen-bond acceptors (Lipinski definition) is 5. The van der Waals surface area contributed by atoms with Gasteiger partial charge in [0, 0.05) is 12.0 Å². The maximum absolute atomic E-state index is 6.70. The number of halogens is 1. The van der Waals surface area contributed by atoms with E-state index in [4.69, 9.17) is 27.0 Å². The molecule has 0 spiro atoms. The molecule has 0 aliphatic carbocycles. The number of aryl methyl sites for hydroxylation is 2. The molecule has 8 rings (SSSR count). The fourth-order valence-corrected chi connectivity index (χ4v) is 7.24. The Morgan fingerprint density at radius 2 is 1.22 bits per heavy atom. The monoisotopic (exact) mass is 674 g/mol. The molecule has 5 aromatic carbocycles. The van der Waals surface area contributed by atoms with E-state index in [9.17, 15) is 0 Å². The highest BCUT2D eigenvalue weighted by Crippen LogP contribution is 2.43. The second-order valence-corrected chi connectivity index (χ2v) is 12.8. The van der Waals surface area contributed by atoms with Crippen molar-refractivity contribution in [3.63, 3.8) is 0 Å². The Bertz CT molecular complexity index is 2280. The van der Waals surface area contributed by atoms with E-state index >= 15 is 0 Å². The molecule has 8 nitrogen and oxygen atoms in total. The van der Waals surface area contributed by atoms with Gasteiger partial charge in [0.2, 0.25) is 0 Å². The number of nitrogens with zero attached hydrogens (tertiary/aromatic N) is 8. The van der Waals surface area contributed by atoms with Gasteiger partial charge in [0.05, 0.1) is 12.2 Å². The average Bonchev–Trinajstić information content (AvgIpc) is 3.86. The molecule has 0 radical (unpaired) electrons. The molecule has 0 fully saturated rings. The van der Waals surface area contributed by atoms with Crippen LogP contribution in [-0.4, -0.2) is 39.6 Å². The summed E-state index contributed by atoms with van der Waals surface area (Å²) in [6, 6.07) is 48.4. The maximum Gasteiger partial charge on any atom is 0.184 e. The van der Waals surface area contributed by atoms with Crippen molar-refractivity contribution >= 4 is 17.2 Å². The van der Waals surface area contributed by atoms with E-state index in [1.165, 1.54) is 0 Å². The molecule has 0 saturated heterocycles. The van der Waals surface area contributed by atoms with Crippen molar-refractivity contribution < 1.29 is 0 Å². The van der Waals surface area contributed by atoms with E-state index in [1.807, 2.05) is 35.9 Å². The van der Waals surface area contributed by atoms with Crippen LogP contribution in [0.25, 0.3) is 28.2 Å². The van der Waals surface area contributed by atoms with Crippen LogP contribution in [0, 0.1) is 6.92 Å². The van der Waals surface area contributed by atoms with Gasteiger partial charge in [0.25, 0.3) is 0 Å². The first-order valence-corrected chi connectivity index (χ1v) is 17.2. The lowest BCUT2D eigenvalue weighted by molar-refractivity contribution is 0.451. The summed E-state index contributed by atoms with van der Waals surface area (Å²) < 4.78 is 5.83.